The Balaban J connectivity index is 2.77. The highest BCUT2D eigenvalue weighted by molar-refractivity contribution is 5.36. The van der Waals surface area contributed by atoms with Gasteiger partial charge in [0.1, 0.15) is 11.6 Å². The summed E-state index contributed by atoms with van der Waals surface area (Å²) in [5.41, 5.74) is 6.47. The number of halogens is 1. The van der Waals surface area contributed by atoms with Crippen LogP contribution in [-0.2, 0) is 0 Å². The Labute approximate surface area is 90.2 Å². The van der Waals surface area contributed by atoms with Crippen LogP contribution in [0.2, 0.25) is 0 Å². The van der Waals surface area contributed by atoms with Crippen molar-refractivity contribution in [1.29, 1.82) is 0 Å². The largest absolute Gasteiger partial charge is 0.493 e. The third kappa shape index (κ3) is 3.51. The Morgan fingerprint density at radius 3 is 2.80 bits per heavy atom. The molecule has 1 aromatic rings. The molecule has 0 aliphatic rings. The second-order valence-electron chi connectivity index (χ2n) is 3.67. The smallest absolute Gasteiger partial charge is 0.124 e. The molecule has 0 heterocycles. The fraction of sp³-hybridized carbons (Fsp3) is 0.500. The lowest BCUT2D eigenvalue weighted by Gasteiger charge is -2.13. The van der Waals surface area contributed by atoms with E-state index in [0.717, 1.165) is 18.4 Å². The molecule has 0 aliphatic heterocycles. The molecular formula is C12H18FNO. The summed E-state index contributed by atoms with van der Waals surface area (Å²) in [4.78, 5) is 0. The van der Waals surface area contributed by atoms with Gasteiger partial charge in [-0.25, -0.2) is 4.39 Å². The van der Waals surface area contributed by atoms with Crippen LogP contribution in [0.25, 0.3) is 0 Å². The van der Waals surface area contributed by atoms with E-state index in [0.29, 0.717) is 12.4 Å². The van der Waals surface area contributed by atoms with Crippen LogP contribution in [0.3, 0.4) is 0 Å². The van der Waals surface area contributed by atoms with Crippen molar-refractivity contribution in [1.82, 2.24) is 0 Å². The van der Waals surface area contributed by atoms with Crippen molar-refractivity contribution < 1.29 is 9.13 Å². The van der Waals surface area contributed by atoms with Gasteiger partial charge < -0.3 is 10.5 Å². The molecule has 1 aromatic carbocycles. The normalized spacial score (nSPS) is 12.5. The summed E-state index contributed by atoms with van der Waals surface area (Å²) in [6, 6.07) is 4.26. The summed E-state index contributed by atoms with van der Waals surface area (Å²) in [5, 5.41) is 0. The highest BCUT2D eigenvalue weighted by Crippen LogP contribution is 2.24. The summed E-state index contributed by atoms with van der Waals surface area (Å²) in [6.07, 6.45) is 2.07. The Kier molecular flexibility index (Phi) is 4.56. The van der Waals surface area contributed by atoms with Gasteiger partial charge in [-0.1, -0.05) is 13.3 Å². The Morgan fingerprint density at radius 1 is 1.47 bits per heavy atom. The van der Waals surface area contributed by atoms with Crippen molar-refractivity contribution in [2.24, 2.45) is 5.73 Å². The standard InChI is InChI=1S/C12H18FNO/c1-3-4-7-15-12-6-5-10(13)8-11(12)9(2)14/h5-6,8-9H,3-4,7,14H2,1-2H3/t9-/m1/s1. The molecule has 0 saturated carbocycles. The predicted octanol–water partition coefficient (Wildman–Crippen LogP) is 3.02. The molecule has 0 aliphatic carbocycles. The molecule has 1 atom stereocenters. The number of hydrogen-bond donors (Lipinski definition) is 1. The quantitative estimate of drug-likeness (QED) is 0.760. The summed E-state index contributed by atoms with van der Waals surface area (Å²) in [7, 11) is 0. The summed E-state index contributed by atoms with van der Waals surface area (Å²) in [5.74, 6) is 0.421. The zero-order valence-electron chi connectivity index (χ0n) is 9.29. The Bertz CT molecular complexity index is 312. The van der Waals surface area contributed by atoms with E-state index < -0.39 is 0 Å². The van der Waals surface area contributed by atoms with Crippen LogP contribution in [0.4, 0.5) is 4.39 Å². The minimum atomic E-state index is -0.273. The van der Waals surface area contributed by atoms with Crippen molar-refractivity contribution in [3.05, 3.63) is 29.6 Å². The topological polar surface area (TPSA) is 35.2 Å². The van der Waals surface area contributed by atoms with Gasteiger partial charge in [0, 0.05) is 11.6 Å². The molecule has 0 spiro atoms. The van der Waals surface area contributed by atoms with Gasteiger partial charge >= 0.3 is 0 Å². The van der Waals surface area contributed by atoms with E-state index >= 15 is 0 Å². The fourth-order valence-electron chi connectivity index (χ4n) is 1.33. The van der Waals surface area contributed by atoms with Crippen molar-refractivity contribution in [2.75, 3.05) is 6.61 Å². The molecule has 0 radical (unpaired) electrons. The lowest BCUT2D eigenvalue weighted by Crippen LogP contribution is -2.09. The molecule has 84 valence electrons. The highest BCUT2D eigenvalue weighted by Gasteiger charge is 2.09. The third-order valence-electron chi connectivity index (χ3n) is 2.22. The summed E-state index contributed by atoms with van der Waals surface area (Å²) < 4.78 is 18.5. The van der Waals surface area contributed by atoms with Gasteiger partial charge in [-0.15, -0.1) is 0 Å². The van der Waals surface area contributed by atoms with Gasteiger partial charge in [-0.05, 0) is 31.5 Å². The molecule has 15 heavy (non-hydrogen) atoms. The van der Waals surface area contributed by atoms with Crippen molar-refractivity contribution in [2.45, 2.75) is 32.7 Å². The third-order valence-corrected chi connectivity index (χ3v) is 2.22. The molecule has 0 unspecified atom stereocenters. The van der Waals surface area contributed by atoms with Gasteiger partial charge in [0.25, 0.3) is 0 Å². The second kappa shape index (κ2) is 5.71. The van der Waals surface area contributed by atoms with Crippen molar-refractivity contribution >= 4 is 0 Å². The molecule has 0 saturated heterocycles. The van der Waals surface area contributed by atoms with E-state index in [1.54, 1.807) is 6.07 Å². The first-order valence-corrected chi connectivity index (χ1v) is 5.33. The van der Waals surface area contributed by atoms with Crippen LogP contribution in [0, 0.1) is 5.82 Å². The van der Waals surface area contributed by atoms with Crippen LogP contribution in [0.5, 0.6) is 5.75 Å². The van der Waals surface area contributed by atoms with E-state index in [9.17, 15) is 4.39 Å². The maximum absolute atomic E-state index is 13.0. The van der Waals surface area contributed by atoms with E-state index in [1.165, 1.54) is 12.1 Å². The van der Waals surface area contributed by atoms with Crippen molar-refractivity contribution in [3.8, 4) is 5.75 Å². The van der Waals surface area contributed by atoms with Gasteiger partial charge in [-0.3, -0.25) is 0 Å². The zero-order chi connectivity index (χ0) is 11.3. The van der Waals surface area contributed by atoms with E-state index in [-0.39, 0.29) is 11.9 Å². The van der Waals surface area contributed by atoms with Crippen LogP contribution in [0.1, 0.15) is 38.3 Å². The number of unbranched alkanes of at least 4 members (excludes halogenated alkanes) is 1. The molecular weight excluding hydrogens is 193 g/mol. The minimum absolute atomic E-state index is 0.211. The number of ether oxygens (including phenoxy) is 1. The second-order valence-corrected chi connectivity index (χ2v) is 3.67. The predicted molar refractivity (Wildman–Crippen MR) is 59.4 cm³/mol. The van der Waals surface area contributed by atoms with Gasteiger partial charge in [0.2, 0.25) is 0 Å². The first-order chi connectivity index (χ1) is 7.15. The number of benzene rings is 1. The van der Waals surface area contributed by atoms with Crippen LogP contribution in [-0.4, -0.2) is 6.61 Å². The molecule has 1 rings (SSSR count). The zero-order valence-corrected chi connectivity index (χ0v) is 9.29. The molecule has 2 N–H and O–H groups in total. The SMILES string of the molecule is CCCCOc1ccc(F)cc1[C@@H](C)N. The lowest BCUT2D eigenvalue weighted by atomic mass is 10.1. The van der Waals surface area contributed by atoms with E-state index in [4.69, 9.17) is 10.5 Å². The average Bonchev–Trinajstić information content (AvgIpc) is 2.20. The first-order valence-electron chi connectivity index (χ1n) is 5.33. The number of hydrogen-bond acceptors (Lipinski definition) is 2. The van der Waals surface area contributed by atoms with Gasteiger partial charge in [-0.2, -0.15) is 0 Å². The molecule has 0 aromatic heterocycles. The van der Waals surface area contributed by atoms with Crippen LogP contribution < -0.4 is 10.5 Å². The van der Waals surface area contributed by atoms with E-state index in [1.807, 2.05) is 6.92 Å². The van der Waals surface area contributed by atoms with Crippen LogP contribution in [0.15, 0.2) is 18.2 Å². The minimum Gasteiger partial charge on any atom is -0.493 e. The summed E-state index contributed by atoms with van der Waals surface area (Å²) in [6.45, 7) is 4.57. The van der Waals surface area contributed by atoms with Gasteiger partial charge in [0.05, 0.1) is 6.61 Å². The maximum atomic E-state index is 13.0. The lowest BCUT2D eigenvalue weighted by molar-refractivity contribution is 0.304. The van der Waals surface area contributed by atoms with Crippen molar-refractivity contribution in [3.63, 3.8) is 0 Å². The number of rotatable bonds is 5. The Hall–Kier alpha value is -1.09. The molecule has 0 bridgehead atoms. The monoisotopic (exact) mass is 211 g/mol. The van der Waals surface area contributed by atoms with Crippen LogP contribution >= 0.6 is 0 Å². The molecule has 0 fully saturated rings. The molecule has 0 amide bonds. The molecule has 3 heteroatoms. The maximum Gasteiger partial charge on any atom is 0.124 e. The fourth-order valence-corrected chi connectivity index (χ4v) is 1.33. The first kappa shape index (κ1) is 12.0. The Morgan fingerprint density at radius 2 is 2.20 bits per heavy atom. The van der Waals surface area contributed by atoms with Gasteiger partial charge in [0.15, 0.2) is 0 Å². The van der Waals surface area contributed by atoms with E-state index in [2.05, 4.69) is 6.92 Å². The summed E-state index contributed by atoms with van der Waals surface area (Å²) >= 11 is 0. The average molecular weight is 211 g/mol. The number of nitrogens with two attached hydrogens (primary N) is 1. The molecule has 2 nitrogen and oxygen atoms in total. The highest BCUT2D eigenvalue weighted by atomic mass is 19.1.